The van der Waals surface area contributed by atoms with Gasteiger partial charge in [0, 0.05) is 37.4 Å². The smallest absolute Gasteiger partial charge is 0.337 e. The topological polar surface area (TPSA) is 84.7 Å². The quantitative estimate of drug-likeness (QED) is 0.330. The average molecular weight is 474 g/mol. The Morgan fingerprint density at radius 3 is 2.45 bits per heavy atom. The van der Waals surface area contributed by atoms with Gasteiger partial charge in [-0.25, -0.2) is 9.67 Å². The second-order valence-electron chi connectivity index (χ2n) is 7.95. The van der Waals surface area contributed by atoms with Gasteiger partial charge in [0.1, 0.15) is 0 Å². The highest BCUT2D eigenvalue weighted by Gasteiger charge is 2.30. The van der Waals surface area contributed by atoms with Crippen LogP contribution in [0, 0.1) is 0 Å². The minimum atomic E-state index is -4.37. The number of aryl methyl sites for hydroxylation is 2. The van der Waals surface area contributed by atoms with Crippen molar-refractivity contribution in [1.29, 1.82) is 0 Å². The Bertz CT molecular complexity index is 1310. The Labute approximate surface area is 188 Å². The highest BCUT2D eigenvalue weighted by Crippen LogP contribution is 2.36. The highest BCUT2D eigenvalue weighted by molar-refractivity contribution is 7.63. The number of alkyl halides is 3. The SMILES string of the molecule is CP(C)(=O)Nc1ccc(Nc2ncc3cnn(CCc4cccc(C(F)(F)F)c4)c3n2)cc1. The van der Waals surface area contributed by atoms with E-state index in [1.165, 1.54) is 6.07 Å². The fourth-order valence-electron chi connectivity index (χ4n) is 3.30. The molecule has 0 aliphatic rings. The molecule has 0 aliphatic heterocycles. The monoisotopic (exact) mass is 474 g/mol. The van der Waals surface area contributed by atoms with Gasteiger partial charge in [-0.1, -0.05) is 18.2 Å². The van der Waals surface area contributed by atoms with Crippen LogP contribution in [0.1, 0.15) is 11.1 Å². The molecule has 0 atom stereocenters. The molecular weight excluding hydrogens is 452 g/mol. The molecule has 7 nitrogen and oxygen atoms in total. The maximum atomic E-state index is 13.0. The number of hydrogen-bond acceptors (Lipinski definition) is 5. The largest absolute Gasteiger partial charge is 0.416 e. The second kappa shape index (κ2) is 8.86. The second-order valence-corrected chi connectivity index (χ2v) is 10.9. The standard InChI is InChI=1S/C22H22F3N6OP/c1-33(2,32)30-19-8-6-18(7-9-19)28-21-26-13-16-14-27-31(20(16)29-21)11-10-15-4-3-5-17(12-15)22(23,24)25/h3-9,12-14H,10-11H2,1-2H3,(H,30,32)(H,26,28,29). The zero-order valence-corrected chi connectivity index (χ0v) is 18.9. The summed E-state index contributed by atoms with van der Waals surface area (Å²) in [6.45, 7) is 3.67. The van der Waals surface area contributed by atoms with Gasteiger partial charge < -0.3 is 15.0 Å². The molecule has 0 aliphatic carbocycles. The van der Waals surface area contributed by atoms with Gasteiger partial charge in [-0.05, 0) is 42.3 Å². The van der Waals surface area contributed by atoms with E-state index in [1.54, 1.807) is 48.6 Å². The molecule has 2 N–H and O–H groups in total. The van der Waals surface area contributed by atoms with E-state index >= 15 is 0 Å². The van der Waals surface area contributed by atoms with Crippen LogP contribution in [-0.4, -0.2) is 33.1 Å². The zero-order chi connectivity index (χ0) is 23.6. The van der Waals surface area contributed by atoms with E-state index in [9.17, 15) is 17.7 Å². The van der Waals surface area contributed by atoms with Gasteiger partial charge in [0.2, 0.25) is 5.95 Å². The molecule has 0 saturated carbocycles. The first kappa shape index (κ1) is 22.8. The Kier molecular flexibility index (Phi) is 6.12. The highest BCUT2D eigenvalue weighted by atomic mass is 31.2. The van der Waals surface area contributed by atoms with Crippen LogP contribution in [0.2, 0.25) is 0 Å². The Morgan fingerprint density at radius 1 is 1.03 bits per heavy atom. The number of hydrogen-bond donors (Lipinski definition) is 2. The molecule has 0 fully saturated rings. The first-order valence-electron chi connectivity index (χ1n) is 10.1. The zero-order valence-electron chi connectivity index (χ0n) is 18.0. The van der Waals surface area contributed by atoms with Crippen molar-refractivity contribution in [2.75, 3.05) is 23.7 Å². The van der Waals surface area contributed by atoms with Gasteiger partial charge in [-0.3, -0.25) is 0 Å². The molecule has 0 spiro atoms. The Balaban J connectivity index is 1.48. The van der Waals surface area contributed by atoms with Crippen LogP contribution in [0.25, 0.3) is 11.0 Å². The third-order valence-corrected chi connectivity index (χ3v) is 5.58. The molecule has 0 radical (unpaired) electrons. The number of benzene rings is 2. The van der Waals surface area contributed by atoms with Crippen molar-refractivity contribution < 1.29 is 17.7 Å². The van der Waals surface area contributed by atoms with Crippen molar-refractivity contribution in [2.45, 2.75) is 19.1 Å². The molecular formula is C22H22F3N6OP. The van der Waals surface area contributed by atoms with Gasteiger partial charge in [0.05, 0.1) is 17.1 Å². The van der Waals surface area contributed by atoms with Gasteiger partial charge in [0.15, 0.2) is 12.9 Å². The van der Waals surface area contributed by atoms with Crippen LogP contribution in [0.15, 0.2) is 60.9 Å². The number of aromatic nitrogens is 4. The van der Waals surface area contributed by atoms with Gasteiger partial charge >= 0.3 is 6.18 Å². The summed E-state index contributed by atoms with van der Waals surface area (Å²) in [5.41, 5.74) is 1.98. The van der Waals surface area contributed by atoms with E-state index in [4.69, 9.17) is 0 Å². The van der Waals surface area contributed by atoms with Gasteiger partial charge in [0.25, 0.3) is 0 Å². The summed E-state index contributed by atoms with van der Waals surface area (Å²) in [6, 6.07) is 12.5. The number of nitrogens with zero attached hydrogens (tertiary/aromatic N) is 4. The van der Waals surface area contributed by atoms with E-state index in [0.29, 0.717) is 30.1 Å². The molecule has 0 bridgehead atoms. The molecule has 11 heteroatoms. The summed E-state index contributed by atoms with van der Waals surface area (Å²) in [7, 11) is -2.40. The lowest BCUT2D eigenvalue weighted by atomic mass is 10.1. The lowest BCUT2D eigenvalue weighted by Crippen LogP contribution is -2.08. The molecule has 0 amide bonds. The summed E-state index contributed by atoms with van der Waals surface area (Å²) in [5, 5.41) is 11.1. The van der Waals surface area contributed by atoms with E-state index in [2.05, 4.69) is 25.5 Å². The van der Waals surface area contributed by atoms with Crippen molar-refractivity contribution in [3.63, 3.8) is 0 Å². The molecule has 0 unspecified atom stereocenters. The van der Waals surface area contributed by atoms with Crippen LogP contribution in [0.3, 0.4) is 0 Å². The lowest BCUT2D eigenvalue weighted by Gasteiger charge is -2.12. The fourth-order valence-corrected chi connectivity index (χ4v) is 4.07. The maximum Gasteiger partial charge on any atom is 0.416 e. The number of rotatable bonds is 7. The summed E-state index contributed by atoms with van der Waals surface area (Å²) in [5.74, 6) is 0.362. The molecule has 4 rings (SSSR count). The van der Waals surface area contributed by atoms with Crippen molar-refractivity contribution in [3.8, 4) is 0 Å². The van der Waals surface area contributed by atoms with Gasteiger partial charge in [-0.2, -0.15) is 23.3 Å². The fraction of sp³-hybridized carbons (Fsp3) is 0.227. The molecule has 172 valence electrons. The molecule has 2 aromatic heterocycles. The van der Waals surface area contributed by atoms with Crippen LogP contribution in [-0.2, 0) is 23.7 Å². The van der Waals surface area contributed by atoms with E-state index in [1.807, 2.05) is 12.1 Å². The van der Waals surface area contributed by atoms with Crippen LogP contribution < -0.4 is 10.4 Å². The first-order valence-corrected chi connectivity index (χ1v) is 12.7. The molecule has 2 aromatic carbocycles. The van der Waals surface area contributed by atoms with Crippen molar-refractivity contribution in [1.82, 2.24) is 19.7 Å². The minimum absolute atomic E-state index is 0.362. The van der Waals surface area contributed by atoms with Crippen molar-refractivity contribution in [2.24, 2.45) is 0 Å². The van der Waals surface area contributed by atoms with E-state index < -0.39 is 19.0 Å². The Morgan fingerprint density at radius 2 is 1.76 bits per heavy atom. The molecule has 33 heavy (non-hydrogen) atoms. The predicted octanol–water partition coefficient (Wildman–Crippen LogP) is 5.78. The molecule has 4 aromatic rings. The number of anilines is 3. The van der Waals surface area contributed by atoms with E-state index in [0.717, 1.165) is 28.9 Å². The normalized spacial score (nSPS) is 12.2. The number of fused-ring (bicyclic) bond motifs is 1. The molecule has 2 heterocycles. The average Bonchev–Trinajstić information content (AvgIpc) is 3.14. The van der Waals surface area contributed by atoms with Crippen molar-refractivity contribution >= 4 is 35.6 Å². The lowest BCUT2D eigenvalue weighted by molar-refractivity contribution is -0.137. The third-order valence-electron chi connectivity index (χ3n) is 4.78. The summed E-state index contributed by atoms with van der Waals surface area (Å²) >= 11 is 0. The summed E-state index contributed by atoms with van der Waals surface area (Å²) in [4.78, 5) is 8.81. The van der Waals surface area contributed by atoms with Crippen molar-refractivity contribution in [3.05, 3.63) is 72.1 Å². The first-order chi connectivity index (χ1) is 15.6. The predicted molar refractivity (Wildman–Crippen MR) is 123 cm³/mol. The van der Waals surface area contributed by atoms with Crippen LogP contribution in [0.5, 0.6) is 0 Å². The summed E-state index contributed by atoms with van der Waals surface area (Å²) in [6.07, 6.45) is -0.734. The van der Waals surface area contributed by atoms with Gasteiger partial charge in [-0.15, -0.1) is 0 Å². The maximum absolute atomic E-state index is 13.0. The van der Waals surface area contributed by atoms with Crippen LogP contribution in [0.4, 0.5) is 30.5 Å². The van der Waals surface area contributed by atoms with Crippen LogP contribution >= 0.6 is 7.29 Å². The third kappa shape index (κ3) is 5.90. The number of halogens is 3. The minimum Gasteiger partial charge on any atom is -0.337 e. The van der Waals surface area contributed by atoms with E-state index in [-0.39, 0.29) is 0 Å². The summed E-state index contributed by atoms with van der Waals surface area (Å²) < 4.78 is 52.4. The number of nitrogens with one attached hydrogen (secondary N) is 2. The molecule has 0 saturated heterocycles. The Hall–Kier alpha value is -3.39.